The van der Waals surface area contributed by atoms with Gasteiger partial charge in [-0.05, 0) is 50.5 Å². The summed E-state index contributed by atoms with van der Waals surface area (Å²) in [5.74, 6) is -0.0655. The summed E-state index contributed by atoms with van der Waals surface area (Å²) < 4.78 is 0. The van der Waals surface area contributed by atoms with Gasteiger partial charge in [0.15, 0.2) is 0 Å². The zero-order valence-electron chi connectivity index (χ0n) is 18.0. The number of halogens is 1. The van der Waals surface area contributed by atoms with Gasteiger partial charge in [-0.2, -0.15) is 0 Å². The molecule has 5 nitrogen and oxygen atoms in total. The molecule has 6 heteroatoms. The number of carbonyl (C=O) groups excluding carboxylic acids is 2. The van der Waals surface area contributed by atoms with Crippen molar-refractivity contribution >= 4 is 23.4 Å². The molecule has 0 aliphatic carbocycles. The highest BCUT2D eigenvalue weighted by Crippen LogP contribution is 2.33. The summed E-state index contributed by atoms with van der Waals surface area (Å²) in [6.45, 7) is 7.77. The Morgan fingerprint density at radius 2 is 1.73 bits per heavy atom. The van der Waals surface area contributed by atoms with Gasteiger partial charge >= 0.3 is 0 Å². The fourth-order valence-corrected chi connectivity index (χ4v) is 4.31. The third kappa shape index (κ3) is 4.85. The van der Waals surface area contributed by atoms with E-state index in [0.717, 1.165) is 22.3 Å². The summed E-state index contributed by atoms with van der Waals surface area (Å²) in [6, 6.07) is 13.6. The SMILES string of the molecule is Cc1cc(C)cc(CC(=O)N2CCC2(C)C(=O)N(CCN)Cc2ccc(Cl)cc2)c1. The number of amides is 2. The zero-order chi connectivity index (χ0) is 21.9. The molecule has 2 aromatic rings. The van der Waals surface area contributed by atoms with Crippen LogP contribution in [-0.2, 0) is 22.6 Å². The van der Waals surface area contributed by atoms with Gasteiger partial charge in [-0.3, -0.25) is 9.59 Å². The maximum Gasteiger partial charge on any atom is 0.248 e. The zero-order valence-corrected chi connectivity index (χ0v) is 18.7. The third-order valence-corrected chi connectivity index (χ3v) is 6.04. The van der Waals surface area contributed by atoms with Crippen molar-refractivity contribution in [3.05, 3.63) is 69.7 Å². The van der Waals surface area contributed by atoms with Crippen LogP contribution in [0, 0.1) is 13.8 Å². The maximum atomic E-state index is 13.4. The molecule has 1 aliphatic heterocycles. The Labute approximate surface area is 183 Å². The molecule has 2 aromatic carbocycles. The predicted octanol–water partition coefficient (Wildman–Crippen LogP) is 3.48. The number of carbonyl (C=O) groups is 2. The van der Waals surface area contributed by atoms with Gasteiger partial charge in [0.1, 0.15) is 5.54 Å². The van der Waals surface area contributed by atoms with Crippen LogP contribution in [0.2, 0.25) is 5.02 Å². The first-order valence-electron chi connectivity index (χ1n) is 10.3. The number of hydrogen-bond donors (Lipinski definition) is 1. The molecule has 160 valence electrons. The largest absolute Gasteiger partial charge is 0.335 e. The first-order chi connectivity index (χ1) is 14.2. The van der Waals surface area contributed by atoms with Crippen molar-refractivity contribution in [1.29, 1.82) is 0 Å². The van der Waals surface area contributed by atoms with E-state index in [1.165, 1.54) is 0 Å². The number of benzene rings is 2. The lowest BCUT2D eigenvalue weighted by Gasteiger charge is -2.51. The van der Waals surface area contributed by atoms with Crippen molar-refractivity contribution in [2.24, 2.45) is 5.73 Å². The lowest BCUT2D eigenvalue weighted by molar-refractivity contribution is -0.164. The summed E-state index contributed by atoms with van der Waals surface area (Å²) in [7, 11) is 0. The molecule has 1 aliphatic rings. The normalized spacial score (nSPS) is 18.1. The molecule has 0 saturated carbocycles. The fourth-order valence-electron chi connectivity index (χ4n) is 4.18. The van der Waals surface area contributed by atoms with Gasteiger partial charge in [-0.15, -0.1) is 0 Å². The van der Waals surface area contributed by atoms with E-state index < -0.39 is 5.54 Å². The fraction of sp³-hybridized carbons (Fsp3) is 0.417. The predicted molar refractivity (Wildman–Crippen MR) is 120 cm³/mol. The molecule has 0 aromatic heterocycles. The highest BCUT2D eigenvalue weighted by atomic mass is 35.5. The van der Waals surface area contributed by atoms with Crippen molar-refractivity contribution < 1.29 is 9.59 Å². The van der Waals surface area contributed by atoms with Gasteiger partial charge in [0.05, 0.1) is 6.42 Å². The van der Waals surface area contributed by atoms with Crippen molar-refractivity contribution in [2.45, 2.75) is 45.7 Å². The van der Waals surface area contributed by atoms with Crippen LogP contribution in [-0.4, -0.2) is 46.8 Å². The molecule has 0 spiro atoms. The Bertz CT molecular complexity index is 908. The second-order valence-corrected chi connectivity index (χ2v) is 8.82. The van der Waals surface area contributed by atoms with Crippen LogP contribution in [0.4, 0.5) is 0 Å². The van der Waals surface area contributed by atoms with Crippen LogP contribution in [0.25, 0.3) is 0 Å². The summed E-state index contributed by atoms with van der Waals surface area (Å²) in [6.07, 6.45) is 0.964. The van der Waals surface area contributed by atoms with Crippen LogP contribution in [0.5, 0.6) is 0 Å². The van der Waals surface area contributed by atoms with E-state index in [0.29, 0.717) is 44.0 Å². The standard InChI is InChI=1S/C24H30ClN3O2/c1-17-12-18(2)14-20(13-17)15-22(29)28-10-8-24(28,3)23(30)27(11-9-26)16-19-4-6-21(25)7-5-19/h4-7,12-14H,8-11,15-16,26H2,1-3H3. The molecule has 1 fully saturated rings. The van der Waals surface area contributed by atoms with Crippen molar-refractivity contribution in [2.75, 3.05) is 19.6 Å². The lowest BCUT2D eigenvalue weighted by atomic mass is 9.84. The molecule has 2 N–H and O–H groups in total. The third-order valence-electron chi connectivity index (χ3n) is 5.79. The smallest absolute Gasteiger partial charge is 0.248 e. The number of likely N-dealkylation sites (tertiary alicyclic amines) is 1. The molecule has 1 saturated heterocycles. The number of aryl methyl sites for hydroxylation is 2. The first-order valence-corrected chi connectivity index (χ1v) is 10.7. The number of nitrogens with two attached hydrogens (primary N) is 1. The van der Waals surface area contributed by atoms with Crippen molar-refractivity contribution in [1.82, 2.24) is 9.80 Å². The van der Waals surface area contributed by atoms with E-state index in [1.807, 2.05) is 57.2 Å². The van der Waals surface area contributed by atoms with Gasteiger partial charge in [-0.1, -0.05) is 53.1 Å². The van der Waals surface area contributed by atoms with Gasteiger partial charge < -0.3 is 15.5 Å². The summed E-state index contributed by atoms with van der Waals surface area (Å²) in [5.41, 5.74) is 9.20. The number of nitrogens with zero attached hydrogens (tertiary/aromatic N) is 2. The molecule has 0 radical (unpaired) electrons. The monoisotopic (exact) mass is 427 g/mol. The quantitative estimate of drug-likeness (QED) is 0.735. The minimum atomic E-state index is -0.822. The summed E-state index contributed by atoms with van der Waals surface area (Å²) in [5, 5.41) is 0.657. The highest BCUT2D eigenvalue weighted by Gasteiger charge is 2.50. The minimum Gasteiger partial charge on any atom is -0.335 e. The molecule has 3 rings (SSSR count). The molecule has 1 heterocycles. The molecular weight excluding hydrogens is 398 g/mol. The number of rotatable bonds is 7. The molecule has 1 atom stereocenters. The summed E-state index contributed by atoms with van der Waals surface area (Å²) >= 11 is 5.97. The van der Waals surface area contributed by atoms with Gasteiger partial charge in [0.2, 0.25) is 11.8 Å². The molecule has 2 amide bonds. The van der Waals surface area contributed by atoms with Crippen LogP contribution in [0.1, 0.15) is 35.6 Å². The molecule has 1 unspecified atom stereocenters. The summed E-state index contributed by atoms with van der Waals surface area (Å²) in [4.78, 5) is 29.9. The van der Waals surface area contributed by atoms with E-state index in [1.54, 1.807) is 9.80 Å². The van der Waals surface area contributed by atoms with Crippen molar-refractivity contribution in [3.8, 4) is 0 Å². The Morgan fingerprint density at radius 3 is 2.27 bits per heavy atom. The second kappa shape index (κ2) is 9.19. The average molecular weight is 428 g/mol. The van der Waals surface area contributed by atoms with E-state index in [9.17, 15) is 9.59 Å². The van der Waals surface area contributed by atoms with Crippen LogP contribution in [0.3, 0.4) is 0 Å². The van der Waals surface area contributed by atoms with Crippen LogP contribution in [0.15, 0.2) is 42.5 Å². The van der Waals surface area contributed by atoms with Crippen LogP contribution >= 0.6 is 11.6 Å². The van der Waals surface area contributed by atoms with Gasteiger partial charge in [0, 0.05) is 31.2 Å². The Hall–Kier alpha value is -2.37. The Balaban J connectivity index is 1.73. The average Bonchev–Trinajstić information content (AvgIpc) is 2.66. The van der Waals surface area contributed by atoms with Crippen molar-refractivity contribution in [3.63, 3.8) is 0 Å². The molecule has 30 heavy (non-hydrogen) atoms. The first kappa shape index (κ1) is 22.3. The van der Waals surface area contributed by atoms with E-state index >= 15 is 0 Å². The Morgan fingerprint density at radius 1 is 1.10 bits per heavy atom. The lowest BCUT2D eigenvalue weighted by Crippen LogP contribution is -2.68. The highest BCUT2D eigenvalue weighted by molar-refractivity contribution is 6.30. The molecule has 0 bridgehead atoms. The number of hydrogen-bond acceptors (Lipinski definition) is 3. The second-order valence-electron chi connectivity index (χ2n) is 8.38. The Kier molecular flexibility index (Phi) is 6.84. The van der Waals surface area contributed by atoms with Crippen LogP contribution < -0.4 is 5.73 Å². The maximum absolute atomic E-state index is 13.4. The van der Waals surface area contributed by atoms with Gasteiger partial charge in [-0.25, -0.2) is 0 Å². The van der Waals surface area contributed by atoms with Gasteiger partial charge in [0.25, 0.3) is 0 Å². The van der Waals surface area contributed by atoms with E-state index in [-0.39, 0.29) is 11.8 Å². The van der Waals surface area contributed by atoms with E-state index in [2.05, 4.69) is 6.07 Å². The van der Waals surface area contributed by atoms with E-state index in [4.69, 9.17) is 17.3 Å². The minimum absolute atomic E-state index is 0.0127. The molecular formula is C24H30ClN3O2. The topological polar surface area (TPSA) is 66.6 Å².